The van der Waals surface area contributed by atoms with Crippen LogP contribution in [0.3, 0.4) is 0 Å². The van der Waals surface area contributed by atoms with E-state index < -0.39 is 5.97 Å². The van der Waals surface area contributed by atoms with Gasteiger partial charge in [-0.3, -0.25) is 4.79 Å². The van der Waals surface area contributed by atoms with Gasteiger partial charge in [-0.15, -0.1) is 11.3 Å². The zero-order valence-corrected chi connectivity index (χ0v) is 12.6. The van der Waals surface area contributed by atoms with Gasteiger partial charge in [-0.1, -0.05) is 0 Å². The van der Waals surface area contributed by atoms with Crippen molar-refractivity contribution in [2.24, 2.45) is 11.7 Å². The zero-order valence-electron chi connectivity index (χ0n) is 11.8. The summed E-state index contributed by atoms with van der Waals surface area (Å²) in [5, 5.41) is 4.73. The van der Waals surface area contributed by atoms with Crippen molar-refractivity contribution < 1.29 is 14.3 Å². The lowest BCUT2D eigenvalue weighted by Crippen LogP contribution is -2.32. The van der Waals surface area contributed by atoms with Crippen LogP contribution in [0.25, 0.3) is 0 Å². The summed E-state index contributed by atoms with van der Waals surface area (Å²) in [6.07, 6.45) is 3.38. The fourth-order valence-electron chi connectivity index (χ4n) is 2.45. The molecule has 110 valence electrons. The molecule has 0 unspecified atom stereocenters. The quantitative estimate of drug-likeness (QED) is 0.839. The average molecular weight is 296 g/mol. The third-order valence-electron chi connectivity index (χ3n) is 3.74. The van der Waals surface area contributed by atoms with Crippen LogP contribution in [0.5, 0.6) is 0 Å². The maximum absolute atomic E-state index is 12.3. The molecule has 0 atom stereocenters. The van der Waals surface area contributed by atoms with Gasteiger partial charge in [0.2, 0.25) is 5.91 Å². The number of carbonyl (C=O) groups is 2. The fourth-order valence-corrected chi connectivity index (χ4v) is 3.37. The lowest BCUT2D eigenvalue weighted by molar-refractivity contribution is -0.120. The molecule has 0 radical (unpaired) electrons. The number of anilines is 1. The Kier molecular flexibility index (Phi) is 4.77. The summed E-state index contributed by atoms with van der Waals surface area (Å²) in [4.78, 5) is 24.4. The molecule has 0 saturated heterocycles. The van der Waals surface area contributed by atoms with E-state index in [1.807, 2.05) is 12.3 Å². The Hall–Kier alpha value is -1.40. The number of amides is 1. The maximum atomic E-state index is 12.3. The van der Waals surface area contributed by atoms with E-state index in [-0.39, 0.29) is 17.9 Å². The second kappa shape index (κ2) is 6.37. The monoisotopic (exact) mass is 296 g/mol. The number of nitrogens with one attached hydrogen (secondary N) is 1. The molecule has 1 fully saturated rings. The highest BCUT2D eigenvalue weighted by molar-refractivity contribution is 7.12. The number of thiophene rings is 1. The molecule has 0 spiro atoms. The molecule has 1 aromatic heterocycles. The second-order valence-corrected chi connectivity index (χ2v) is 6.10. The van der Waals surface area contributed by atoms with Gasteiger partial charge >= 0.3 is 5.97 Å². The molecule has 20 heavy (non-hydrogen) atoms. The topological polar surface area (TPSA) is 81.4 Å². The van der Waals surface area contributed by atoms with Crippen molar-refractivity contribution >= 4 is 28.9 Å². The van der Waals surface area contributed by atoms with Crippen molar-refractivity contribution in [3.63, 3.8) is 0 Å². The second-order valence-electron chi connectivity index (χ2n) is 5.22. The van der Waals surface area contributed by atoms with E-state index in [4.69, 9.17) is 10.5 Å². The molecule has 1 aliphatic carbocycles. The largest absolute Gasteiger partial charge is 0.465 e. The molecule has 1 saturated carbocycles. The van der Waals surface area contributed by atoms with Crippen molar-refractivity contribution in [2.45, 2.75) is 38.6 Å². The third-order valence-corrected chi connectivity index (χ3v) is 4.81. The predicted octanol–water partition coefficient (Wildman–Crippen LogP) is 2.30. The van der Waals surface area contributed by atoms with Crippen molar-refractivity contribution in [1.82, 2.24) is 0 Å². The smallest absolute Gasteiger partial charge is 0.350 e. The highest BCUT2D eigenvalue weighted by Gasteiger charge is 2.26. The Labute approximate surface area is 122 Å². The number of nitrogens with two attached hydrogens (primary N) is 1. The summed E-state index contributed by atoms with van der Waals surface area (Å²) in [6.45, 7) is 1.87. The summed E-state index contributed by atoms with van der Waals surface area (Å²) >= 11 is 1.29. The van der Waals surface area contributed by atoms with Crippen molar-refractivity contribution in [1.29, 1.82) is 0 Å². The van der Waals surface area contributed by atoms with Gasteiger partial charge in [0.1, 0.15) is 4.88 Å². The minimum absolute atomic E-state index is 0.0143. The first-order valence-corrected chi connectivity index (χ1v) is 7.63. The molecule has 2 rings (SSSR count). The van der Waals surface area contributed by atoms with Crippen LogP contribution in [-0.4, -0.2) is 25.0 Å². The standard InChI is InChI=1S/C14H20N2O3S/c1-8-7-20-12(14(18)19-2)11(8)16-13(17)9-3-5-10(15)6-4-9/h7,9-10H,3-6,15H2,1-2H3,(H,16,17). The number of carbonyl (C=O) groups excluding carboxylic acids is 2. The number of rotatable bonds is 3. The first-order valence-electron chi connectivity index (χ1n) is 6.75. The molecule has 1 amide bonds. The van der Waals surface area contributed by atoms with E-state index in [1.165, 1.54) is 18.4 Å². The molecular weight excluding hydrogens is 276 g/mol. The van der Waals surface area contributed by atoms with Gasteiger partial charge in [-0.05, 0) is 43.6 Å². The molecule has 3 N–H and O–H groups in total. The Morgan fingerprint density at radius 3 is 2.60 bits per heavy atom. The highest BCUT2D eigenvalue weighted by atomic mass is 32.1. The average Bonchev–Trinajstić information content (AvgIpc) is 2.80. The van der Waals surface area contributed by atoms with E-state index in [0.717, 1.165) is 31.2 Å². The van der Waals surface area contributed by atoms with Gasteiger partial charge in [-0.25, -0.2) is 4.79 Å². The van der Waals surface area contributed by atoms with E-state index in [0.29, 0.717) is 10.6 Å². The van der Waals surface area contributed by atoms with Crippen LogP contribution in [0.4, 0.5) is 5.69 Å². The summed E-state index contributed by atoms with van der Waals surface area (Å²) in [5.74, 6) is -0.452. The van der Waals surface area contributed by atoms with E-state index in [1.54, 1.807) is 0 Å². The van der Waals surface area contributed by atoms with Gasteiger partial charge in [0.15, 0.2) is 0 Å². The summed E-state index contributed by atoms with van der Waals surface area (Å²) in [6, 6.07) is 0.215. The van der Waals surface area contributed by atoms with Gasteiger partial charge in [0, 0.05) is 12.0 Å². The van der Waals surface area contributed by atoms with Crippen LogP contribution in [0.1, 0.15) is 40.9 Å². The van der Waals surface area contributed by atoms with Crippen LogP contribution < -0.4 is 11.1 Å². The van der Waals surface area contributed by atoms with E-state index >= 15 is 0 Å². The fraction of sp³-hybridized carbons (Fsp3) is 0.571. The van der Waals surface area contributed by atoms with Crippen LogP contribution in [0, 0.1) is 12.8 Å². The van der Waals surface area contributed by atoms with Gasteiger partial charge < -0.3 is 15.8 Å². The first kappa shape index (κ1) is 15.0. The lowest BCUT2D eigenvalue weighted by atomic mass is 9.86. The summed E-state index contributed by atoms with van der Waals surface area (Å²) in [7, 11) is 1.34. The van der Waals surface area contributed by atoms with Gasteiger partial charge in [0.05, 0.1) is 12.8 Å². The molecule has 1 heterocycles. The molecular formula is C14H20N2O3S. The molecule has 6 heteroatoms. The minimum Gasteiger partial charge on any atom is -0.465 e. The minimum atomic E-state index is -0.413. The molecule has 1 aromatic rings. The number of hydrogen-bond donors (Lipinski definition) is 2. The van der Waals surface area contributed by atoms with Crippen LogP contribution in [-0.2, 0) is 9.53 Å². The van der Waals surface area contributed by atoms with Gasteiger partial charge in [-0.2, -0.15) is 0 Å². The normalized spacial score (nSPS) is 22.4. The summed E-state index contributed by atoms with van der Waals surface area (Å²) < 4.78 is 4.74. The first-order chi connectivity index (χ1) is 9.52. The van der Waals surface area contributed by atoms with E-state index in [2.05, 4.69) is 5.32 Å². The Morgan fingerprint density at radius 2 is 2.00 bits per heavy atom. The van der Waals surface area contributed by atoms with Crippen molar-refractivity contribution in [3.8, 4) is 0 Å². The summed E-state index contributed by atoms with van der Waals surface area (Å²) in [5.41, 5.74) is 7.32. The Balaban J connectivity index is 2.08. The maximum Gasteiger partial charge on any atom is 0.350 e. The van der Waals surface area contributed by atoms with Gasteiger partial charge in [0.25, 0.3) is 0 Å². The number of hydrogen-bond acceptors (Lipinski definition) is 5. The number of methoxy groups -OCH3 is 1. The Bertz CT molecular complexity index is 505. The van der Waals surface area contributed by atoms with Crippen LogP contribution in [0.15, 0.2) is 5.38 Å². The number of aryl methyl sites for hydroxylation is 1. The number of esters is 1. The molecule has 1 aliphatic rings. The predicted molar refractivity (Wildman–Crippen MR) is 79.0 cm³/mol. The molecule has 0 aromatic carbocycles. The molecule has 0 aliphatic heterocycles. The van der Waals surface area contributed by atoms with Crippen LogP contribution in [0.2, 0.25) is 0 Å². The molecule has 5 nitrogen and oxygen atoms in total. The lowest BCUT2D eigenvalue weighted by Gasteiger charge is -2.25. The highest BCUT2D eigenvalue weighted by Crippen LogP contribution is 2.30. The van der Waals surface area contributed by atoms with Crippen molar-refractivity contribution in [3.05, 3.63) is 15.8 Å². The van der Waals surface area contributed by atoms with E-state index in [9.17, 15) is 9.59 Å². The third kappa shape index (κ3) is 3.19. The molecule has 0 bridgehead atoms. The SMILES string of the molecule is COC(=O)c1scc(C)c1NC(=O)C1CCC(N)CC1. The van der Waals surface area contributed by atoms with Crippen molar-refractivity contribution in [2.75, 3.05) is 12.4 Å². The van der Waals surface area contributed by atoms with Crippen LogP contribution >= 0.6 is 11.3 Å². The number of ether oxygens (including phenoxy) is 1. The Morgan fingerprint density at radius 1 is 1.35 bits per heavy atom. The zero-order chi connectivity index (χ0) is 14.7.